The van der Waals surface area contributed by atoms with Gasteiger partial charge in [-0.05, 0) is 0 Å². The van der Waals surface area contributed by atoms with Gasteiger partial charge in [-0.1, -0.05) is 0 Å². The molecule has 180 valence electrons. The first-order valence-corrected chi connectivity index (χ1v) is 12.5. The third-order valence-electron chi connectivity index (χ3n) is 3.25. The van der Waals surface area contributed by atoms with Crippen LogP contribution in [-0.2, 0) is 58.1 Å². The van der Waals surface area contributed by atoms with E-state index < -0.39 is 26.9 Å². The lowest BCUT2D eigenvalue weighted by Gasteiger charge is -2.22. The molecule has 0 aromatic rings. The first kappa shape index (κ1) is 29.4. The maximum Gasteiger partial charge on any atom is 0.406 e. The second kappa shape index (κ2) is 19.1. The van der Waals surface area contributed by atoms with Crippen LogP contribution in [0.4, 0.5) is 4.79 Å². The van der Waals surface area contributed by atoms with E-state index in [4.69, 9.17) is 30.1 Å². The van der Waals surface area contributed by atoms with Crippen LogP contribution in [-0.4, -0.2) is 102 Å². The number of amides is 2. The number of methoxy groups -OCH3 is 1. The lowest BCUT2D eigenvalue weighted by molar-refractivity contribution is -0.149. The second-order valence-electron chi connectivity index (χ2n) is 5.71. The SMILES string of the molecule is COC(=O)NCCOCCOCC(=O)OCCN(CCOC(C)=O)CC(=O)N[S-](=P)=S. The molecule has 0 saturated carbocycles. The van der Waals surface area contributed by atoms with Crippen molar-refractivity contribution in [2.45, 2.75) is 6.92 Å². The van der Waals surface area contributed by atoms with Crippen molar-refractivity contribution >= 4 is 52.0 Å². The van der Waals surface area contributed by atoms with Gasteiger partial charge >= 0.3 is 18.0 Å². The van der Waals surface area contributed by atoms with Crippen LogP contribution in [0.1, 0.15) is 6.92 Å². The smallest absolute Gasteiger partial charge is 0.406 e. The van der Waals surface area contributed by atoms with Gasteiger partial charge < -0.3 is 33.7 Å². The number of ether oxygens (including phenoxy) is 5. The number of carbonyl (C=O) groups is 4. The van der Waals surface area contributed by atoms with E-state index >= 15 is 0 Å². The Kier molecular flexibility index (Phi) is 18.2. The van der Waals surface area contributed by atoms with E-state index in [2.05, 4.69) is 22.8 Å². The van der Waals surface area contributed by atoms with Crippen LogP contribution in [0.25, 0.3) is 0 Å². The minimum Gasteiger partial charge on any atom is -0.465 e. The van der Waals surface area contributed by atoms with Gasteiger partial charge in [0.2, 0.25) is 5.91 Å². The first-order chi connectivity index (χ1) is 14.7. The van der Waals surface area contributed by atoms with Gasteiger partial charge in [0.05, 0.1) is 33.5 Å². The van der Waals surface area contributed by atoms with Crippen LogP contribution >= 0.6 is 8.02 Å². The molecule has 12 nitrogen and oxygen atoms in total. The fourth-order valence-electron chi connectivity index (χ4n) is 1.93. The minimum absolute atomic E-state index is 0.00209. The van der Waals surface area contributed by atoms with E-state index in [1.54, 1.807) is 4.90 Å². The lowest BCUT2D eigenvalue weighted by Crippen LogP contribution is -2.40. The summed E-state index contributed by atoms with van der Waals surface area (Å²) in [5.74, 6) is -1.31. The molecule has 0 aliphatic carbocycles. The Balaban J connectivity index is 3.99. The maximum atomic E-state index is 11.9. The molecule has 0 aromatic heterocycles. The highest BCUT2D eigenvalue weighted by molar-refractivity contribution is 8.38. The van der Waals surface area contributed by atoms with Crippen molar-refractivity contribution in [2.75, 3.05) is 72.9 Å². The Bertz CT molecular complexity index is 642. The number of alkyl carbamates (subject to hydrolysis) is 1. The highest BCUT2D eigenvalue weighted by Crippen LogP contribution is 1.93. The predicted molar refractivity (Wildman–Crippen MR) is 117 cm³/mol. The normalized spacial score (nSPS) is 10.6. The van der Waals surface area contributed by atoms with Crippen molar-refractivity contribution in [1.82, 2.24) is 14.9 Å². The van der Waals surface area contributed by atoms with Gasteiger partial charge in [-0.2, -0.15) is 0 Å². The molecule has 0 saturated heterocycles. The molecule has 0 fully saturated rings. The minimum atomic E-state index is -0.858. The zero-order valence-corrected chi connectivity index (χ0v) is 20.1. The van der Waals surface area contributed by atoms with E-state index in [9.17, 15) is 19.2 Å². The molecule has 0 unspecified atom stereocenters. The van der Waals surface area contributed by atoms with Gasteiger partial charge in [-0.25, -0.2) is 20.8 Å². The third kappa shape index (κ3) is 20.1. The molecule has 0 heterocycles. The van der Waals surface area contributed by atoms with Crippen LogP contribution in [0.15, 0.2) is 0 Å². The molecule has 0 spiro atoms. The molecule has 0 aliphatic rings. The van der Waals surface area contributed by atoms with E-state index in [0.29, 0.717) is 6.54 Å². The van der Waals surface area contributed by atoms with Gasteiger partial charge in [-0.3, -0.25) is 31.3 Å². The summed E-state index contributed by atoms with van der Waals surface area (Å²) in [6.45, 7) is 2.70. The van der Waals surface area contributed by atoms with Crippen molar-refractivity contribution in [1.29, 1.82) is 0 Å². The molecule has 2 amide bonds. The molecule has 0 radical (unpaired) electrons. The maximum absolute atomic E-state index is 11.9. The topological polar surface area (TPSA) is 142 Å². The third-order valence-corrected chi connectivity index (χ3v) is 4.22. The van der Waals surface area contributed by atoms with Crippen LogP contribution in [0.2, 0.25) is 0 Å². The first-order valence-electron chi connectivity index (χ1n) is 9.15. The summed E-state index contributed by atoms with van der Waals surface area (Å²) < 4.78 is 27.2. The van der Waals surface area contributed by atoms with Crippen LogP contribution < -0.4 is 10.0 Å². The average Bonchev–Trinajstić information content (AvgIpc) is 2.68. The molecule has 0 aromatic carbocycles. The van der Waals surface area contributed by atoms with Crippen LogP contribution in [0.5, 0.6) is 0 Å². The molecule has 2 N–H and O–H groups in total. The largest absolute Gasteiger partial charge is 0.465 e. The van der Waals surface area contributed by atoms with Gasteiger partial charge in [0.15, 0.2) is 0 Å². The summed E-state index contributed by atoms with van der Waals surface area (Å²) in [5.41, 5.74) is 0. The number of hydrogen-bond acceptors (Lipinski definition) is 12. The molecule has 31 heavy (non-hydrogen) atoms. The van der Waals surface area contributed by atoms with E-state index in [0.717, 1.165) is 0 Å². The van der Waals surface area contributed by atoms with Gasteiger partial charge in [0, 0.05) is 26.6 Å². The number of nitrogens with zero attached hydrogens (tertiary/aromatic N) is 1. The van der Waals surface area contributed by atoms with Crippen molar-refractivity contribution in [3.63, 3.8) is 0 Å². The Morgan fingerprint density at radius 3 is 2.26 bits per heavy atom. The van der Waals surface area contributed by atoms with E-state index in [1.165, 1.54) is 14.0 Å². The zero-order chi connectivity index (χ0) is 23.5. The number of nitrogens with one attached hydrogen (secondary N) is 2. The van der Waals surface area contributed by atoms with Gasteiger partial charge in [0.1, 0.15) is 19.8 Å². The van der Waals surface area contributed by atoms with Crippen molar-refractivity contribution in [3.8, 4) is 0 Å². The summed E-state index contributed by atoms with van der Waals surface area (Å²) in [4.78, 5) is 46.9. The Morgan fingerprint density at radius 2 is 1.65 bits per heavy atom. The Hall–Kier alpha value is -1.57. The molecule has 0 atom stereocenters. The molecule has 0 rings (SSSR count). The monoisotopic (exact) mass is 502 g/mol. The van der Waals surface area contributed by atoms with Crippen molar-refractivity contribution < 1.29 is 42.9 Å². The fraction of sp³-hybridized carbons (Fsp3) is 0.750. The van der Waals surface area contributed by atoms with Crippen LogP contribution in [0, 0.1) is 0 Å². The lowest BCUT2D eigenvalue weighted by atomic mass is 10.4. The summed E-state index contributed by atoms with van der Waals surface area (Å²) in [7, 11) is 3.53. The number of hydrogen-bond donors (Lipinski definition) is 2. The van der Waals surface area contributed by atoms with E-state index in [1.807, 2.05) is 0 Å². The predicted octanol–water partition coefficient (Wildman–Crippen LogP) is -1.05. The van der Waals surface area contributed by atoms with Crippen molar-refractivity contribution in [3.05, 3.63) is 0 Å². The molecule has 0 aliphatic heterocycles. The zero-order valence-electron chi connectivity index (χ0n) is 17.5. The summed E-state index contributed by atoms with van der Waals surface area (Å²) in [6.07, 6.45) is -0.541. The molecular weight excluding hydrogens is 473 g/mol. The summed E-state index contributed by atoms with van der Waals surface area (Å²) in [5, 5.41) is 2.45. The highest BCUT2D eigenvalue weighted by atomic mass is 32.9. The Morgan fingerprint density at radius 1 is 1.00 bits per heavy atom. The number of carbonyl (C=O) groups excluding carboxylic acids is 4. The Labute approximate surface area is 189 Å². The second-order valence-corrected chi connectivity index (χ2v) is 9.57. The summed E-state index contributed by atoms with van der Waals surface area (Å²) >= 11 is 4.85. The summed E-state index contributed by atoms with van der Waals surface area (Å²) in [6, 6.07) is 0. The quantitative estimate of drug-likeness (QED) is 0.0827. The fourth-order valence-corrected chi connectivity index (χ4v) is 2.82. The van der Waals surface area contributed by atoms with Gasteiger partial charge in [-0.15, -0.1) is 0 Å². The highest BCUT2D eigenvalue weighted by Gasteiger charge is 2.11. The standard InChI is InChI=1S/C16H29N3O9PS2/c1-13(20)27-7-4-19(11-14(21)18-31(29)30)5-8-28-15(22)12-26-10-9-25-6-3-17-16(23)24-2/h29H,3-12H2,1-2H3,(H,17,23)(H,18,21,30)/q-1. The number of rotatable bonds is 17. The van der Waals surface area contributed by atoms with Crippen molar-refractivity contribution in [2.24, 2.45) is 0 Å². The van der Waals surface area contributed by atoms with Crippen LogP contribution in [0.3, 0.4) is 0 Å². The molecule has 15 heteroatoms. The average molecular weight is 503 g/mol. The van der Waals surface area contributed by atoms with Gasteiger partial charge in [0.25, 0.3) is 0 Å². The van der Waals surface area contributed by atoms with E-state index in [-0.39, 0.29) is 65.2 Å². The molecular formula is C16H29N3O9PS2-. The number of esters is 2. The molecule has 0 bridgehead atoms.